The minimum atomic E-state index is -2.91. The van der Waals surface area contributed by atoms with Gasteiger partial charge < -0.3 is 4.52 Å². The van der Waals surface area contributed by atoms with Crippen molar-refractivity contribution in [2.45, 2.75) is 11.8 Å². The first-order valence-corrected chi connectivity index (χ1v) is 8.61. The second kappa shape index (κ2) is 5.88. The van der Waals surface area contributed by atoms with Crippen molar-refractivity contribution >= 4 is 15.4 Å². The Morgan fingerprint density at radius 3 is 2.61 bits per heavy atom. The molecule has 0 aliphatic carbocycles. The summed E-state index contributed by atoms with van der Waals surface area (Å²) in [5.74, 6) is 0.252. The lowest BCUT2D eigenvalue weighted by atomic mass is 10.3. The van der Waals surface area contributed by atoms with E-state index < -0.39 is 15.5 Å². The van der Waals surface area contributed by atoms with Crippen molar-refractivity contribution < 1.29 is 13.1 Å². The van der Waals surface area contributed by atoms with Crippen LogP contribution in [-0.2, 0) is 9.73 Å². The molecule has 1 atom stereocenters. The van der Waals surface area contributed by atoms with E-state index in [-0.39, 0.29) is 4.90 Å². The molecule has 23 heavy (non-hydrogen) atoms. The number of hydrogen-bond acceptors (Lipinski definition) is 6. The highest BCUT2D eigenvalue weighted by Crippen LogP contribution is 2.22. The number of nitrogens with zero attached hydrogens (tertiary/aromatic N) is 4. The molecule has 0 fully saturated rings. The largest absolute Gasteiger partial charge is 0.339 e. The maximum Gasteiger partial charge on any atom is 0.223 e. The fourth-order valence-corrected chi connectivity index (χ4v) is 3.35. The highest BCUT2D eigenvalue weighted by Gasteiger charge is 2.12. The van der Waals surface area contributed by atoms with E-state index in [0.29, 0.717) is 23.1 Å². The van der Waals surface area contributed by atoms with Gasteiger partial charge in [0.15, 0.2) is 0 Å². The van der Waals surface area contributed by atoms with E-state index in [0.717, 1.165) is 0 Å². The first kappa shape index (κ1) is 15.3. The van der Waals surface area contributed by atoms with Crippen LogP contribution in [0.25, 0.3) is 11.5 Å². The van der Waals surface area contributed by atoms with Crippen molar-refractivity contribution in [1.82, 2.24) is 15.1 Å². The Morgan fingerprint density at radius 1 is 1.22 bits per heavy atom. The predicted molar refractivity (Wildman–Crippen MR) is 83.1 cm³/mol. The van der Waals surface area contributed by atoms with Gasteiger partial charge in [-0.05, 0) is 24.3 Å². The summed E-state index contributed by atoms with van der Waals surface area (Å²) in [6.45, 7) is 1.68. The van der Waals surface area contributed by atoms with Crippen LogP contribution in [0.3, 0.4) is 0 Å². The maximum absolute atomic E-state index is 13.8. The Labute approximate surface area is 132 Å². The predicted octanol–water partition coefficient (Wildman–Crippen LogP) is 3.37. The van der Waals surface area contributed by atoms with Crippen LogP contribution in [0.5, 0.6) is 0 Å². The Hall–Kier alpha value is -2.61. The van der Waals surface area contributed by atoms with Gasteiger partial charge in [0.1, 0.15) is 11.5 Å². The van der Waals surface area contributed by atoms with E-state index in [1.807, 2.05) is 0 Å². The summed E-state index contributed by atoms with van der Waals surface area (Å²) in [7, 11) is -2.91. The van der Waals surface area contributed by atoms with Crippen molar-refractivity contribution in [3.63, 3.8) is 0 Å². The van der Waals surface area contributed by atoms with Crippen molar-refractivity contribution in [2.75, 3.05) is 6.26 Å². The third kappa shape index (κ3) is 3.26. The lowest BCUT2D eigenvalue weighted by Gasteiger charge is -2.05. The fraction of sp³-hybridized carbons (Fsp3) is 0.133. The quantitative estimate of drug-likeness (QED) is 0.734. The molecule has 1 aromatic carbocycles. The molecule has 0 radical (unpaired) electrons. The second-order valence-corrected chi connectivity index (χ2v) is 7.09. The van der Waals surface area contributed by atoms with E-state index in [4.69, 9.17) is 4.52 Å². The molecule has 6 nitrogen and oxygen atoms in total. The molecule has 8 heteroatoms. The van der Waals surface area contributed by atoms with Gasteiger partial charge >= 0.3 is 0 Å². The minimum Gasteiger partial charge on any atom is -0.339 e. The van der Waals surface area contributed by atoms with Crippen LogP contribution in [0.4, 0.5) is 10.1 Å². The standard InChI is InChI=1S/C15H13FN4O2S/c1-10-18-15(19-22-10)13-8-7-11(9-17-13)20-23(2,21)14-6-4-3-5-12(14)16/h3-9H,1-2H3. The van der Waals surface area contributed by atoms with Gasteiger partial charge in [-0.1, -0.05) is 17.3 Å². The fourth-order valence-electron chi connectivity index (χ4n) is 1.98. The molecule has 2 heterocycles. The molecule has 0 amide bonds. The summed E-state index contributed by atoms with van der Waals surface area (Å²) in [6.07, 6.45) is 2.83. The Balaban J connectivity index is 1.96. The van der Waals surface area contributed by atoms with E-state index in [2.05, 4.69) is 19.5 Å². The van der Waals surface area contributed by atoms with Crippen LogP contribution in [0, 0.1) is 12.7 Å². The Bertz CT molecular complexity index is 960. The number of benzene rings is 1. The maximum atomic E-state index is 13.8. The number of rotatable bonds is 3. The van der Waals surface area contributed by atoms with Crippen LogP contribution < -0.4 is 0 Å². The van der Waals surface area contributed by atoms with E-state index in [1.54, 1.807) is 25.1 Å². The molecular weight excluding hydrogens is 319 g/mol. The zero-order chi connectivity index (χ0) is 16.4. The monoisotopic (exact) mass is 332 g/mol. The molecule has 0 aliphatic rings. The first-order chi connectivity index (χ1) is 11.0. The van der Waals surface area contributed by atoms with E-state index >= 15 is 0 Å². The molecule has 1 unspecified atom stereocenters. The molecule has 118 valence electrons. The smallest absolute Gasteiger partial charge is 0.223 e. The van der Waals surface area contributed by atoms with E-state index in [9.17, 15) is 8.60 Å². The highest BCUT2D eigenvalue weighted by atomic mass is 32.2. The summed E-state index contributed by atoms with van der Waals surface area (Å²) in [5.41, 5.74) is 0.888. The average molecular weight is 332 g/mol. The third-order valence-corrected chi connectivity index (χ3v) is 4.74. The topological polar surface area (TPSA) is 81.2 Å². The molecule has 0 bridgehead atoms. The van der Waals surface area contributed by atoms with Gasteiger partial charge in [0.05, 0.1) is 26.5 Å². The van der Waals surface area contributed by atoms with Crippen LogP contribution in [0.2, 0.25) is 0 Å². The summed E-state index contributed by atoms with van der Waals surface area (Å²) < 4.78 is 35.5. The summed E-state index contributed by atoms with van der Waals surface area (Å²) in [4.78, 5) is 8.30. The molecular formula is C15H13FN4O2S. The second-order valence-electron chi connectivity index (χ2n) is 4.86. The van der Waals surface area contributed by atoms with Gasteiger partial charge in [-0.3, -0.25) is 4.98 Å². The van der Waals surface area contributed by atoms with Crippen LogP contribution in [0.15, 0.2) is 56.4 Å². The number of aromatic nitrogens is 3. The number of pyridine rings is 1. The molecule has 3 aromatic rings. The Morgan fingerprint density at radius 2 is 2.00 bits per heavy atom. The van der Waals surface area contributed by atoms with Crippen LogP contribution in [-0.4, -0.2) is 25.6 Å². The summed E-state index contributed by atoms with van der Waals surface area (Å²) in [5, 5.41) is 3.76. The van der Waals surface area contributed by atoms with Crippen LogP contribution >= 0.6 is 0 Å². The molecule has 0 aliphatic heterocycles. The average Bonchev–Trinajstić information content (AvgIpc) is 2.94. The first-order valence-electron chi connectivity index (χ1n) is 6.69. The van der Waals surface area contributed by atoms with Gasteiger partial charge in [0.2, 0.25) is 11.7 Å². The van der Waals surface area contributed by atoms with Gasteiger partial charge in [-0.15, -0.1) is 0 Å². The highest BCUT2D eigenvalue weighted by molar-refractivity contribution is 7.93. The SMILES string of the molecule is Cc1nc(-c2ccc(N=S(C)(=O)c3ccccc3F)cn2)no1. The van der Waals surface area contributed by atoms with Crippen molar-refractivity contribution in [1.29, 1.82) is 0 Å². The molecule has 2 aromatic heterocycles. The summed E-state index contributed by atoms with van der Waals surface area (Å²) in [6, 6.07) is 9.14. The van der Waals surface area contributed by atoms with Gasteiger partial charge in [-0.2, -0.15) is 9.35 Å². The summed E-state index contributed by atoms with van der Waals surface area (Å²) >= 11 is 0. The normalized spacial score (nSPS) is 13.5. The lowest BCUT2D eigenvalue weighted by Crippen LogP contribution is -2.00. The van der Waals surface area contributed by atoms with Gasteiger partial charge in [-0.25, -0.2) is 8.60 Å². The molecule has 0 saturated heterocycles. The van der Waals surface area contributed by atoms with Crippen molar-refractivity contribution in [3.05, 3.63) is 54.3 Å². The van der Waals surface area contributed by atoms with Crippen LogP contribution in [0.1, 0.15) is 5.89 Å². The van der Waals surface area contributed by atoms with E-state index in [1.165, 1.54) is 30.7 Å². The third-order valence-electron chi connectivity index (χ3n) is 3.03. The zero-order valence-electron chi connectivity index (χ0n) is 12.4. The van der Waals surface area contributed by atoms with Gasteiger partial charge in [0.25, 0.3) is 0 Å². The molecule has 0 spiro atoms. The minimum absolute atomic E-state index is 0.0675. The zero-order valence-corrected chi connectivity index (χ0v) is 13.2. The molecule has 3 rings (SSSR count). The molecule has 0 saturated carbocycles. The van der Waals surface area contributed by atoms with Crippen molar-refractivity contribution in [3.8, 4) is 11.5 Å². The Kier molecular flexibility index (Phi) is 3.91. The number of hydrogen-bond donors (Lipinski definition) is 0. The number of halogens is 1. The number of aryl methyl sites for hydroxylation is 1. The molecule has 0 N–H and O–H groups in total. The lowest BCUT2D eigenvalue weighted by molar-refractivity contribution is 0.394. The van der Waals surface area contributed by atoms with Gasteiger partial charge in [0, 0.05) is 13.2 Å². The van der Waals surface area contributed by atoms with Crippen molar-refractivity contribution in [2.24, 2.45) is 4.36 Å².